The van der Waals surface area contributed by atoms with Gasteiger partial charge in [-0.1, -0.05) is 42.3 Å². The zero-order valence-corrected chi connectivity index (χ0v) is 18.3. The summed E-state index contributed by atoms with van der Waals surface area (Å²) in [6.07, 6.45) is -0.00165. The number of rotatable bonds is 8. The molecule has 5 heteroatoms. The minimum atomic E-state index is -0.850. The second kappa shape index (κ2) is 9.82. The fraction of sp³-hybridized carbons (Fsp3) is 0.269. The Bertz CT molecular complexity index is 1090. The van der Waals surface area contributed by atoms with Gasteiger partial charge in [-0.3, -0.25) is 9.69 Å². The Morgan fingerprint density at radius 1 is 1.16 bits per heavy atom. The Kier molecular flexibility index (Phi) is 6.71. The quantitative estimate of drug-likeness (QED) is 0.484. The van der Waals surface area contributed by atoms with Crippen LogP contribution in [0.5, 0.6) is 5.75 Å². The molecule has 0 fully saturated rings. The van der Waals surface area contributed by atoms with Gasteiger partial charge in [0.2, 0.25) is 0 Å². The van der Waals surface area contributed by atoms with Crippen molar-refractivity contribution in [2.75, 3.05) is 0 Å². The summed E-state index contributed by atoms with van der Waals surface area (Å²) >= 11 is 1.85. The molecule has 1 N–H and O–H groups in total. The molecule has 1 aliphatic heterocycles. The van der Waals surface area contributed by atoms with Gasteiger partial charge in [-0.05, 0) is 52.8 Å². The van der Waals surface area contributed by atoms with Crippen molar-refractivity contribution in [3.8, 4) is 17.6 Å². The molecule has 31 heavy (non-hydrogen) atoms. The van der Waals surface area contributed by atoms with Crippen molar-refractivity contribution in [3.05, 3.63) is 87.1 Å². The highest BCUT2D eigenvalue weighted by Gasteiger charge is 2.19. The van der Waals surface area contributed by atoms with E-state index in [0.29, 0.717) is 6.61 Å². The van der Waals surface area contributed by atoms with Crippen LogP contribution < -0.4 is 4.74 Å². The van der Waals surface area contributed by atoms with Crippen molar-refractivity contribution in [1.29, 1.82) is 0 Å². The highest BCUT2D eigenvalue weighted by molar-refractivity contribution is 7.10. The summed E-state index contributed by atoms with van der Waals surface area (Å²) in [6, 6.07) is 18.3. The van der Waals surface area contributed by atoms with E-state index < -0.39 is 5.97 Å². The van der Waals surface area contributed by atoms with E-state index in [1.807, 2.05) is 35.6 Å². The zero-order chi connectivity index (χ0) is 21.6. The molecule has 4 rings (SSSR count). The summed E-state index contributed by atoms with van der Waals surface area (Å²) in [4.78, 5) is 15.0. The molecule has 158 valence electrons. The largest absolute Gasteiger partial charge is 0.489 e. The average molecular weight is 432 g/mol. The van der Waals surface area contributed by atoms with Crippen molar-refractivity contribution in [2.45, 2.75) is 45.5 Å². The molecule has 0 radical (unpaired) electrons. The number of hydrogen-bond acceptors (Lipinski definition) is 4. The van der Waals surface area contributed by atoms with E-state index in [9.17, 15) is 4.79 Å². The van der Waals surface area contributed by atoms with Crippen LogP contribution in [0.3, 0.4) is 0 Å². The number of carbonyl (C=O) groups is 1. The molecule has 0 bridgehead atoms. The van der Waals surface area contributed by atoms with Crippen LogP contribution >= 0.6 is 11.3 Å². The van der Waals surface area contributed by atoms with Crippen LogP contribution in [0.4, 0.5) is 0 Å². The number of aliphatic carboxylic acids is 1. The Morgan fingerprint density at radius 3 is 2.71 bits per heavy atom. The van der Waals surface area contributed by atoms with Crippen LogP contribution in [-0.2, 0) is 31.0 Å². The molecule has 3 aromatic rings. The van der Waals surface area contributed by atoms with Crippen LogP contribution in [-0.4, -0.2) is 16.0 Å². The number of carboxylic acids is 1. The molecule has 0 amide bonds. The lowest BCUT2D eigenvalue weighted by molar-refractivity contribution is -0.137. The molecule has 2 aromatic carbocycles. The minimum Gasteiger partial charge on any atom is -0.489 e. The van der Waals surface area contributed by atoms with Crippen LogP contribution in [0.25, 0.3) is 0 Å². The number of carboxylic acid groups (broad SMARTS) is 1. The Morgan fingerprint density at radius 2 is 1.97 bits per heavy atom. The molecule has 0 saturated heterocycles. The smallest absolute Gasteiger partial charge is 0.304 e. The third kappa shape index (κ3) is 5.55. The van der Waals surface area contributed by atoms with E-state index in [-0.39, 0.29) is 12.3 Å². The maximum atomic E-state index is 11.1. The molecular formula is C26H25NO3S. The second-order valence-electron chi connectivity index (χ2n) is 7.74. The minimum absolute atomic E-state index is 0.00165. The molecular weight excluding hydrogens is 406 g/mol. The Hall–Kier alpha value is -3.07. The van der Waals surface area contributed by atoms with E-state index in [4.69, 9.17) is 9.84 Å². The van der Waals surface area contributed by atoms with Gasteiger partial charge in [0.15, 0.2) is 0 Å². The molecule has 1 aliphatic rings. The fourth-order valence-electron chi connectivity index (χ4n) is 3.90. The highest BCUT2D eigenvalue weighted by atomic mass is 32.1. The first kappa shape index (κ1) is 21.2. The third-order valence-corrected chi connectivity index (χ3v) is 6.33. The maximum absolute atomic E-state index is 11.1. The summed E-state index contributed by atoms with van der Waals surface area (Å²) in [6.45, 7) is 5.22. The lowest BCUT2D eigenvalue weighted by Crippen LogP contribution is -2.15. The average Bonchev–Trinajstić information content (AvgIpc) is 3.34. The standard InChI is InChI=1S/C26H25NO3S/c1-2-4-22(14-26(28)29)21-7-9-24(10-8-21)30-18-20-6-3-5-19(13-20)15-27-16-23-11-12-31-25(23)17-27/h3,5-13,22H,14-18H2,1H3,(H,28,29)/t22-/m0/s1. The molecule has 2 heterocycles. The van der Waals surface area contributed by atoms with E-state index in [1.54, 1.807) is 6.92 Å². The van der Waals surface area contributed by atoms with Crippen LogP contribution in [0.2, 0.25) is 0 Å². The van der Waals surface area contributed by atoms with E-state index in [1.165, 1.54) is 16.0 Å². The van der Waals surface area contributed by atoms with Crippen molar-refractivity contribution in [3.63, 3.8) is 0 Å². The number of hydrogen-bond donors (Lipinski definition) is 1. The van der Waals surface area contributed by atoms with E-state index in [2.05, 4.69) is 52.5 Å². The predicted octanol–water partition coefficient (Wildman–Crippen LogP) is 5.42. The molecule has 0 unspecified atom stereocenters. The maximum Gasteiger partial charge on any atom is 0.304 e. The summed E-state index contributed by atoms with van der Waals surface area (Å²) in [5.74, 6) is 5.40. The summed E-state index contributed by atoms with van der Waals surface area (Å²) in [7, 11) is 0. The molecule has 4 nitrogen and oxygen atoms in total. The van der Waals surface area contributed by atoms with Gasteiger partial charge in [-0.15, -0.1) is 17.3 Å². The number of thiophene rings is 1. The van der Waals surface area contributed by atoms with Gasteiger partial charge in [0, 0.05) is 24.5 Å². The number of fused-ring (bicyclic) bond motifs is 1. The van der Waals surface area contributed by atoms with Gasteiger partial charge in [0.05, 0.1) is 12.3 Å². The van der Waals surface area contributed by atoms with Crippen LogP contribution in [0.1, 0.15) is 46.4 Å². The topological polar surface area (TPSA) is 49.8 Å². The first-order chi connectivity index (χ1) is 15.1. The van der Waals surface area contributed by atoms with E-state index in [0.717, 1.165) is 36.5 Å². The van der Waals surface area contributed by atoms with Gasteiger partial charge >= 0.3 is 5.97 Å². The third-order valence-electron chi connectivity index (χ3n) is 5.38. The van der Waals surface area contributed by atoms with Gasteiger partial charge < -0.3 is 9.84 Å². The van der Waals surface area contributed by atoms with Crippen LogP contribution in [0, 0.1) is 11.8 Å². The number of ether oxygens (including phenoxy) is 1. The Labute approximate surface area is 187 Å². The lowest BCUT2D eigenvalue weighted by atomic mass is 9.96. The normalized spacial score (nSPS) is 13.8. The highest BCUT2D eigenvalue weighted by Crippen LogP contribution is 2.29. The monoisotopic (exact) mass is 431 g/mol. The van der Waals surface area contributed by atoms with Crippen molar-refractivity contribution < 1.29 is 14.6 Å². The number of nitrogens with zero attached hydrogens (tertiary/aromatic N) is 1. The first-order valence-corrected chi connectivity index (χ1v) is 11.2. The van der Waals surface area contributed by atoms with Crippen molar-refractivity contribution >= 4 is 17.3 Å². The Balaban J connectivity index is 1.33. The van der Waals surface area contributed by atoms with Crippen LogP contribution in [0.15, 0.2) is 60.0 Å². The summed E-state index contributed by atoms with van der Waals surface area (Å²) in [5.41, 5.74) is 4.78. The molecule has 0 saturated carbocycles. The SMILES string of the molecule is CC#C[C@@H](CC(=O)O)c1ccc(OCc2cccc(CN3Cc4ccsc4C3)c2)cc1. The van der Waals surface area contributed by atoms with Gasteiger partial charge in [-0.25, -0.2) is 0 Å². The zero-order valence-electron chi connectivity index (χ0n) is 17.5. The molecule has 0 spiro atoms. The van der Waals surface area contributed by atoms with E-state index >= 15 is 0 Å². The van der Waals surface area contributed by atoms with Gasteiger partial charge in [-0.2, -0.15) is 0 Å². The number of benzene rings is 2. The van der Waals surface area contributed by atoms with Gasteiger partial charge in [0.25, 0.3) is 0 Å². The molecule has 1 aromatic heterocycles. The van der Waals surface area contributed by atoms with Crippen molar-refractivity contribution in [2.24, 2.45) is 0 Å². The molecule has 1 atom stereocenters. The molecule has 0 aliphatic carbocycles. The summed E-state index contributed by atoms with van der Waals surface area (Å²) < 4.78 is 5.97. The lowest BCUT2D eigenvalue weighted by Gasteiger charge is -2.16. The second-order valence-corrected chi connectivity index (χ2v) is 8.74. The van der Waals surface area contributed by atoms with Crippen molar-refractivity contribution in [1.82, 2.24) is 4.90 Å². The first-order valence-electron chi connectivity index (χ1n) is 10.3. The summed E-state index contributed by atoms with van der Waals surface area (Å²) in [5, 5.41) is 11.3. The fourth-order valence-corrected chi connectivity index (χ4v) is 4.84. The van der Waals surface area contributed by atoms with Gasteiger partial charge in [0.1, 0.15) is 12.4 Å². The predicted molar refractivity (Wildman–Crippen MR) is 123 cm³/mol.